The Morgan fingerprint density at radius 2 is 2.21 bits per heavy atom. The molecule has 2 aromatic rings. The Balaban J connectivity index is 2.55. The van der Waals surface area contributed by atoms with Crippen LogP contribution in [0.1, 0.15) is 0 Å². The summed E-state index contributed by atoms with van der Waals surface area (Å²) >= 11 is 3.24. The van der Waals surface area contributed by atoms with Crippen LogP contribution in [0.4, 0.5) is 4.39 Å². The Morgan fingerprint density at radius 1 is 1.43 bits per heavy atom. The second kappa shape index (κ2) is 3.49. The zero-order chi connectivity index (χ0) is 10.1. The molecule has 0 aliphatic heterocycles. The molecule has 72 valence electrons. The van der Waals surface area contributed by atoms with Crippen molar-refractivity contribution in [2.45, 2.75) is 0 Å². The highest BCUT2D eigenvalue weighted by molar-refractivity contribution is 9.10. The van der Waals surface area contributed by atoms with Crippen molar-refractivity contribution in [1.29, 1.82) is 0 Å². The summed E-state index contributed by atoms with van der Waals surface area (Å²) in [5.41, 5.74) is 0.985. The van der Waals surface area contributed by atoms with Gasteiger partial charge in [0.15, 0.2) is 0 Å². The zero-order valence-corrected chi connectivity index (χ0v) is 8.99. The summed E-state index contributed by atoms with van der Waals surface area (Å²) in [6.07, 6.45) is 4.78. The van der Waals surface area contributed by atoms with Gasteiger partial charge in [0, 0.05) is 23.9 Å². The van der Waals surface area contributed by atoms with E-state index in [0.717, 1.165) is 4.47 Å². The molecule has 0 amide bonds. The lowest BCUT2D eigenvalue weighted by molar-refractivity contribution is 0.586. The van der Waals surface area contributed by atoms with Gasteiger partial charge in [0.1, 0.15) is 0 Å². The Kier molecular flexibility index (Phi) is 2.33. The number of pyridine rings is 1. The van der Waals surface area contributed by atoms with Crippen LogP contribution in [-0.4, -0.2) is 14.5 Å². The molecular weight excluding hydrogens is 249 g/mol. The van der Waals surface area contributed by atoms with Crippen LogP contribution < -0.4 is 0 Å². The molecule has 0 N–H and O–H groups in total. The molecule has 0 unspecified atom stereocenters. The summed E-state index contributed by atoms with van der Waals surface area (Å²) in [5.74, 6) is -0.508. The average Bonchev–Trinajstić information content (AvgIpc) is 2.56. The van der Waals surface area contributed by atoms with E-state index >= 15 is 0 Å². The average molecular weight is 256 g/mol. The van der Waals surface area contributed by atoms with Crippen LogP contribution >= 0.6 is 15.9 Å². The van der Waals surface area contributed by atoms with Gasteiger partial charge in [-0.3, -0.25) is 0 Å². The molecule has 0 atom stereocenters. The third-order valence-corrected chi connectivity index (χ3v) is 2.22. The van der Waals surface area contributed by atoms with E-state index in [1.165, 1.54) is 6.20 Å². The second-order valence-corrected chi connectivity index (χ2v) is 3.83. The predicted octanol–water partition coefficient (Wildman–Crippen LogP) is 2.38. The maximum atomic E-state index is 13.3. The first-order valence-electron chi connectivity index (χ1n) is 3.96. The van der Waals surface area contributed by atoms with E-state index in [1.54, 1.807) is 23.2 Å². The Labute approximate surface area is 88.7 Å². The lowest BCUT2D eigenvalue weighted by Gasteiger charge is -1.98. The quantitative estimate of drug-likeness (QED) is 0.733. The minimum absolute atomic E-state index is 0.403. The zero-order valence-electron chi connectivity index (χ0n) is 7.41. The van der Waals surface area contributed by atoms with Crippen LogP contribution in [0.3, 0.4) is 0 Å². The van der Waals surface area contributed by atoms with E-state index in [4.69, 9.17) is 0 Å². The van der Waals surface area contributed by atoms with E-state index in [1.807, 2.05) is 7.05 Å². The lowest BCUT2D eigenvalue weighted by Crippen LogP contribution is -1.88. The first kappa shape index (κ1) is 9.33. The molecule has 2 heterocycles. The van der Waals surface area contributed by atoms with Gasteiger partial charge in [-0.15, -0.1) is 0 Å². The Bertz CT molecular complexity index is 467. The monoisotopic (exact) mass is 255 g/mol. The molecule has 2 aromatic heterocycles. The third-order valence-electron chi connectivity index (χ3n) is 1.79. The molecule has 5 heteroatoms. The van der Waals surface area contributed by atoms with Crippen LogP contribution in [-0.2, 0) is 7.05 Å². The fraction of sp³-hybridized carbons (Fsp3) is 0.111. The lowest BCUT2D eigenvalue weighted by atomic mass is 10.2. The molecule has 0 spiro atoms. The summed E-state index contributed by atoms with van der Waals surface area (Å²) in [6.45, 7) is 0. The molecule has 2 rings (SSSR count). The molecule has 0 saturated heterocycles. The molecule has 14 heavy (non-hydrogen) atoms. The van der Waals surface area contributed by atoms with Crippen molar-refractivity contribution in [3.8, 4) is 11.3 Å². The van der Waals surface area contributed by atoms with Crippen LogP contribution in [0.25, 0.3) is 11.3 Å². The topological polar surface area (TPSA) is 30.7 Å². The first-order chi connectivity index (χ1) is 6.66. The van der Waals surface area contributed by atoms with E-state index < -0.39 is 5.95 Å². The first-order valence-corrected chi connectivity index (χ1v) is 4.75. The third kappa shape index (κ3) is 1.68. The molecule has 0 aliphatic carbocycles. The van der Waals surface area contributed by atoms with Crippen molar-refractivity contribution in [1.82, 2.24) is 14.5 Å². The molecule has 3 nitrogen and oxygen atoms in total. The van der Waals surface area contributed by atoms with Crippen LogP contribution in [0.5, 0.6) is 0 Å². The minimum Gasteiger partial charge on any atom is -0.340 e. The summed E-state index contributed by atoms with van der Waals surface area (Å²) < 4.78 is 15.8. The van der Waals surface area contributed by atoms with Gasteiger partial charge < -0.3 is 4.57 Å². The molecule has 0 radical (unpaired) electrons. The number of hydrogen-bond donors (Lipinski definition) is 0. The van der Waals surface area contributed by atoms with Crippen molar-refractivity contribution in [2.75, 3.05) is 0 Å². The fourth-order valence-electron chi connectivity index (χ4n) is 1.15. The number of hydrogen-bond acceptors (Lipinski definition) is 2. The summed E-state index contributed by atoms with van der Waals surface area (Å²) in [7, 11) is 1.83. The largest absolute Gasteiger partial charge is 0.340 e. The van der Waals surface area contributed by atoms with E-state index in [2.05, 4.69) is 25.9 Å². The highest BCUT2D eigenvalue weighted by atomic mass is 79.9. The highest BCUT2D eigenvalue weighted by Crippen LogP contribution is 2.22. The Morgan fingerprint density at radius 3 is 2.86 bits per heavy atom. The maximum Gasteiger partial charge on any atom is 0.222 e. The van der Waals surface area contributed by atoms with E-state index in [9.17, 15) is 4.39 Å². The molecule has 0 aromatic carbocycles. The van der Waals surface area contributed by atoms with Crippen molar-refractivity contribution >= 4 is 15.9 Å². The number of aryl methyl sites for hydroxylation is 1. The SMILES string of the molecule is Cn1cnc(-c2cc(Br)cnc2F)c1. The van der Waals surface area contributed by atoms with Gasteiger partial charge in [-0.25, -0.2) is 9.97 Å². The standard InChI is InChI=1S/C9H7BrFN3/c1-14-4-8(13-5-14)7-2-6(10)3-12-9(7)11/h2-5H,1H3. The number of halogens is 2. The second-order valence-electron chi connectivity index (χ2n) is 2.92. The Hall–Kier alpha value is -1.23. The van der Waals surface area contributed by atoms with E-state index in [0.29, 0.717) is 11.3 Å². The summed E-state index contributed by atoms with van der Waals surface area (Å²) in [4.78, 5) is 7.65. The predicted molar refractivity (Wildman–Crippen MR) is 54.1 cm³/mol. The number of imidazole rings is 1. The van der Waals surface area contributed by atoms with Gasteiger partial charge in [0.25, 0.3) is 0 Å². The fourth-order valence-corrected chi connectivity index (χ4v) is 1.49. The number of nitrogens with zero attached hydrogens (tertiary/aromatic N) is 3. The van der Waals surface area contributed by atoms with Gasteiger partial charge in [0.2, 0.25) is 5.95 Å². The summed E-state index contributed by atoms with van der Waals surface area (Å²) in [6, 6.07) is 1.66. The number of rotatable bonds is 1. The van der Waals surface area contributed by atoms with E-state index in [-0.39, 0.29) is 0 Å². The maximum absolute atomic E-state index is 13.3. The normalized spacial score (nSPS) is 10.5. The minimum atomic E-state index is -0.508. The van der Waals surface area contributed by atoms with Gasteiger partial charge in [-0.05, 0) is 22.0 Å². The molecule has 0 aliphatic rings. The molecule has 0 bridgehead atoms. The molecular formula is C9H7BrFN3. The van der Waals surface area contributed by atoms with Crippen LogP contribution in [0, 0.1) is 5.95 Å². The van der Waals surface area contributed by atoms with Crippen molar-refractivity contribution < 1.29 is 4.39 Å². The van der Waals surface area contributed by atoms with Crippen molar-refractivity contribution in [2.24, 2.45) is 7.05 Å². The van der Waals surface area contributed by atoms with Gasteiger partial charge in [-0.2, -0.15) is 4.39 Å². The van der Waals surface area contributed by atoms with Crippen LogP contribution in [0.2, 0.25) is 0 Å². The van der Waals surface area contributed by atoms with Gasteiger partial charge in [-0.1, -0.05) is 0 Å². The highest BCUT2D eigenvalue weighted by Gasteiger charge is 2.08. The molecule has 0 saturated carbocycles. The van der Waals surface area contributed by atoms with Crippen molar-refractivity contribution in [3.63, 3.8) is 0 Å². The van der Waals surface area contributed by atoms with Crippen LogP contribution in [0.15, 0.2) is 29.3 Å². The number of aromatic nitrogens is 3. The smallest absolute Gasteiger partial charge is 0.222 e. The van der Waals surface area contributed by atoms with Gasteiger partial charge >= 0.3 is 0 Å². The molecule has 0 fully saturated rings. The van der Waals surface area contributed by atoms with Crippen molar-refractivity contribution in [3.05, 3.63) is 35.2 Å². The van der Waals surface area contributed by atoms with Gasteiger partial charge in [0.05, 0.1) is 17.6 Å². The summed E-state index contributed by atoms with van der Waals surface area (Å²) in [5, 5.41) is 0.